The summed E-state index contributed by atoms with van der Waals surface area (Å²) in [6, 6.07) is 1.92. The Kier molecular flexibility index (Phi) is 3.32. The van der Waals surface area contributed by atoms with Gasteiger partial charge in [-0.05, 0) is 19.8 Å². The van der Waals surface area contributed by atoms with Gasteiger partial charge in [0.1, 0.15) is 0 Å². The van der Waals surface area contributed by atoms with Gasteiger partial charge in [0.05, 0.1) is 5.69 Å². The van der Waals surface area contributed by atoms with E-state index in [1.165, 1.54) is 31.7 Å². The minimum Gasteiger partial charge on any atom is -0.503 e. The molecule has 1 fully saturated rings. The molecule has 88 valence electrons. The molecule has 1 aliphatic carbocycles. The number of nitrogens with zero attached hydrogens (tertiary/aromatic N) is 1. The molecule has 1 aliphatic rings. The van der Waals surface area contributed by atoms with E-state index in [4.69, 9.17) is 0 Å². The molecule has 0 bridgehead atoms. The van der Waals surface area contributed by atoms with E-state index in [1.807, 2.05) is 13.1 Å². The summed E-state index contributed by atoms with van der Waals surface area (Å²) in [5.74, 6) is -0.0910. The first-order valence-corrected chi connectivity index (χ1v) is 6.11. The van der Waals surface area contributed by atoms with E-state index in [9.17, 15) is 9.90 Å². The van der Waals surface area contributed by atoms with Crippen LogP contribution >= 0.6 is 0 Å². The second-order valence-corrected chi connectivity index (χ2v) is 4.67. The molecular formula is C13H19NO2. The first-order chi connectivity index (χ1) is 7.70. The van der Waals surface area contributed by atoms with Crippen molar-refractivity contribution in [3.05, 3.63) is 28.2 Å². The summed E-state index contributed by atoms with van der Waals surface area (Å²) in [5.41, 5.74) is 0.432. The lowest BCUT2D eigenvalue weighted by molar-refractivity contribution is 0.406. The van der Waals surface area contributed by atoms with Crippen LogP contribution in [0.3, 0.4) is 0 Å². The minimum absolute atomic E-state index is 0.0910. The van der Waals surface area contributed by atoms with E-state index in [1.54, 1.807) is 0 Å². The largest absolute Gasteiger partial charge is 0.503 e. The third-order valence-electron chi connectivity index (χ3n) is 3.57. The van der Waals surface area contributed by atoms with Crippen molar-refractivity contribution in [2.75, 3.05) is 0 Å². The zero-order valence-corrected chi connectivity index (χ0v) is 9.78. The highest BCUT2D eigenvalue weighted by molar-refractivity contribution is 5.25. The highest BCUT2D eigenvalue weighted by Crippen LogP contribution is 2.28. The van der Waals surface area contributed by atoms with E-state index in [0.717, 1.165) is 12.8 Å². The standard InChI is InChI=1S/C13H19NO2/c1-10-13(16)12(15)8-9-14(10)11-6-4-2-3-5-7-11/h8-9,11,16H,2-7H2,1H3. The molecule has 1 aromatic heterocycles. The number of aromatic nitrogens is 1. The van der Waals surface area contributed by atoms with Crippen LogP contribution in [0.25, 0.3) is 0 Å². The highest BCUT2D eigenvalue weighted by atomic mass is 16.3. The van der Waals surface area contributed by atoms with Gasteiger partial charge in [0.25, 0.3) is 0 Å². The lowest BCUT2D eigenvalue weighted by Crippen LogP contribution is -2.15. The molecule has 1 heterocycles. The number of hydrogen-bond acceptors (Lipinski definition) is 2. The quantitative estimate of drug-likeness (QED) is 0.741. The smallest absolute Gasteiger partial charge is 0.223 e. The Morgan fingerprint density at radius 3 is 2.50 bits per heavy atom. The van der Waals surface area contributed by atoms with Crippen LogP contribution in [-0.4, -0.2) is 9.67 Å². The predicted molar refractivity (Wildman–Crippen MR) is 63.8 cm³/mol. The second kappa shape index (κ2) is 4.73. The molecule has 0 unspecified atom stereocenters. The fourth-order valence-electron chi connectivity index (χ4n) is 2.57. The van der Waals surface area contributed by atoms with E-state index in [2.05, 4.69) is 4.57 Å². The average Bonchev–Trinajstić information content (AvgIpc) is 2.55. The Morgan fingerprint density at radius 2 is 1.88 bits per heavy atom. The Bertz CT molecular complexity index is 414. The number of rotatable bonds is 1. The first-order valence-electron chi connectivity index (χ1n) is 6.11. The Labute approximate surface area is 95.7 Å². The molecule has 2 rings (SSSR count). The van der Waals surface area contributed by atoms with Gasteiger partial charge in [-0.25, -0.2) is 0 Å². The van der Waals surface area contributed by atoms with Crippen molar-refractivity contribution >= 4 is 0 Å². The zero-order chi connectivity index (χ0) is 11.5. The maximum absolute atomic E-state index is 11.3. The zero-order valence-electron chi connectivity index (χ0n) is 9.78. The molecular weight excluding hydrogens is 202 g/mol. The van der Waals surface area contributed by atoms with Crippen LogP contribution in [0.4, 0.5) is 0 Å². The van der Waals surface area contributed by atoms with Crippen molar-refractivity contribution in [2.24, 2.45) is 0 Å². The summed E-state index contributed by atoms with van der Waals surface area (Å²) >= 11 is 0. The maximum Gasteiger partial charge on any atom is 0.223 e. The predicted octanol–water partition coefficient (Wildman–Crippen LogP) is 2.76. The van der Waals surface area contributed by atoms with Gasteiger partial charge in [-0.3, -0.25) is 4.79 Å². The number of aromatic hydroxyl groups is 1. The Morgan fingerprint density at radius 1 is 1.25 bits per heavy atom. The molecule has 0 aliphatic heterocycles. The van der Waals surface area contributed by atoms with E-state index >= 15 is 0 Å². The lowest BCUT2D eigenvalue weighted by atomic mass is 10.1. The van der Waals surface area contributed by atoms with Gasteiger partial charge in [0.2, 0.25) is 5.43 Å². The molecule has 1 saturated carbocycles. The van der Waals surface area contributed by atoms with E-state index < -0.39 is 0 Å². The molecule has 0 spiro atoms. The fraction of sp³-hybridized carbons (Fsp3) is 0.615. The first kappa shape index (κ1) is 11.2. The summed E-state index contributed by atoms with van der Waals surface area (Å²) in [6.45, 7) is 1.82. The second-order valence-electron chi connectivity index (χ2n) is 4.67. The normalized spacial score (nSPS) is 18.3. The SMILES string of the molecule is Cc1c(O)c(=O)ccn1C1CCCCCC1. The van der Waals surface area contributed by atoms with Crippen molar-refractivity contribution in [3.63, 3.8) is 0 Å². The van der Waals surface area contributed by atoms with Crippen LogP contribution in [0.15, 0.2) is 17.1 Å². The van der Waals surface area contributed by atoms with Gasteiger partial charge < -0.3 is 9.67 Å². The summed E-state index contributed by atoms with van der Waals surface area (Å²) < 4.78 is 2.07. The van der Waals surface area contributed by atoms with Crippen molar-refractivity contribution in [1.29, 1.82) is 0 Å². The van der Waals surface area contributed by atoms with E-state index in [0.29, 0.717) is 11.7 Å². The number of pyridine rings is 1. The summed E-state index contributed by atoms with van der Waals surface area (Å²) in [4.78, 5) is 11.3. The third kappa shape index (κ3) is 2.13. The van der Waals surface area contributed by atoms with Crippen LogP contribution in [0.2, 0.25) is 0 Å². The van der Waals surface area contributed by atoms with Crippen molar-refractivity contribution in [3.8, 4) is 5.75 Å². The van der Waals surface area contributed by atoms with Crippen LogP contribution in [-0.2, 0) is 0 Å². The Balaban J connectivity index is 2.32. The summed E-state index contributed by atoms with van der Waals surface area (Å²) in [5, 5.41) is 9.65. The summed E-state index contributed by atoms with van der Waals surface area (Å²) in [6.07, 6.45) is 9.25. The lowest BCUT2D eigenvalue weighted by Gasteiger charge is -2.21. The van der Waals surface area contributed by atoms with Gasteiger partial charge in [0, 0.05) is 18.3 Å². The summed E-state index contributed by atoms with van der Waals surface area (Å²) in [7, 11) is 0. The Hall–Kier alpha value is -1.25. The van der Waals surface area contributed by atoms with Gasteiger partial charge in [-0.15, -0.1) is 0 Å². The van der Waals surface area contributed by atoms with Gasteiger partial charge >= 0.3 is 0 Å². The average molecular weight is 221 g/mol. The maximum atomic E-state index is 11.3. The van der Waals surface area contributed by atoms with Crippen LogP contribution in [0, 0.1) is 6.92 Å². The van der Waals surface area contributed by atoms with Crippen LogP contribution in [0.5, 0.6) is 5.75 Å². The third-order valence-corrected chi connectivity index (χ3v) is 3.57. The molecule has 0 atom stereocenters. The monoisotopic (exact) mass is 221 g/mol. The molecule has 0 amide bonds. The van der Waals surface area contributed by atoms with Crippen molar-refractivity contribution in [1.82, 2.24) is 4.57 Å². The molecule has 3 nitrogen and oxygen atoms in total. The van der Waals surface area contributed by atoms with Gasteiger partial charge in [-0.1, -0.05) is 25.7 Å². The molecule has 0 radical (unpaired) electrons. The molecule has 0 saturated heterocycles. The molecule has 3 heteroatoms. The fourth-order valence-corrected chi connectivity index (χ4v) is 2.57. The topological polar surface area (TPSA) is 42.2 Å². The van der Waals surface area contributed by atoms with E-state index in [-0.39, 0.29) is 11.2 Å². The van der Waals surface area contributed by atoms with Gasteiger partial charge in [-0.2, -0.15) is 0 Å². The number of hydrogen-bond donors (Lipinski definition) is 1. The highest BCUT2D eigenvalue weighted by Gasteiger charge is 2.16. The van der Waals surface area contributed by atoms with Crippen LogP contribution < -0.4 is 5.43 Å². The molecule has 16 heavy (non-hydrogen) atoms. The van der Waals surface area contributed by atoms with Crippen molar-refractivity contribution in [2.45, 2.75) is 51.5 Å². The van der Waals surface area contributed by atoms with Crippen LogP contribution in [0.1, 0.15) is 50.3 Å². The molecule has 1 N–H and O–H groups in total. The molecule has 0 aromatic carbocycles. The van der Waals surface area contributed by atoms with Crippen molar-refractivity contribution < 1.29 is 5.11 Å². The minimum atomic E-state index is -0.276. The molecule has 1 aromatic rings. The van der Waals surface area contributed by atoms with Gasteiger partial charge in [0.15, 0.2) is 5.75 Å².